The van der Waals surface area contributed by atoms with E-state index in [0.29, 0.717) is 25.2 Å². The fourth-order valence-electron chi connectivity index (χ4n) is 7.56. The number of hydrogen-bond acceptors (Lipinski definition) is 8. The van der Waals surface area contributed by atoms with Crippen LogP contribution >= 0.6 is 0 Å². The molecule has 2 heterocycles. The normalized spacial score (nSPS) is 19.4. The van der Waals surface area contributed by atoms with Crippen LogP contribution in [0.5, 0.6) is 0 Å². The van der Waals surface area contributed by atoms with E-state index in [0.717, 1.165) is 53.6 Å². The van der Waals surface area contributed by atoms with Gasteiger partial charge in [0.2, 0.25) is 17.7 Å². The molecule has 14 heteroatoms. The molecule has 0 spiro atoms. The summed E-state index contributed by atoms with van der Waals surface area (Å²) in [6.07, 6.45) is 4.90. The lowest BCUT2D eigenvalue weighted by Gasteiger charge is -2.35. The predicted octanol–water partition coefficient (Wildman–Crippen LogP) is 6.28. The van der Waals surface area contributed by atoms with Gasteiger partial charge in [-0.15, -0.1) is 0 Å². The van der Waals surface area contributed by atoms with Crippen LogP contribution in [0.15, 0.2) is 54.7 Å². The molecular weight excluding hydrogens is 702 g/mol. The van der Waals surface area contributed by atoms with Crippen molar-refractivity contribution in [2.75, 3.05) is 20.8 Å². The Labute approximate surface area is 323 Å². The molecule has 1 aromatic heterocycles. The molecule has 5 amide bonds. The Kier molecular flexibility index (Phi) is 13.6. The van der Waals surface area contributed by atoms with Gasteiger partial charge in [-0.05, 0) is 74.6 Å². The van der Waals surface area contributed by atoms with Crippen LogP contribution in [0, 0.1) is 17.8 Å². The summed E-state index contributed by atoms with van der Waals surface area (Å²) >= 11 is 0. The van der Waals surface area contributed by atoms with Gasteiger partial charge >= 0.3 is 12.2 Å². The number of imidazole rings is 1. The van der Waals surface area contributed by atoms with Crippen LogP contribution in [0.3, 0.4) is 0 Å². The second-order valence-corrected chi connectivity index (χ2v) is 15.1. The highest BCUT2D eigenvalue weighted by molar-refractivity contribution is 5.89. The van der Waals surface area contributed by atoms with E-state index in [1.807, 2.05) is 69.3 Å². The van der Waals surface area contributed by atoms with E-state index >= 15 is 0 Å². The molecule has 5 atom stereocenters. The van der Waals surface area contributed by atoms with Crippen LogP contribution in [0.1, 0.15) is 96.6 Å². The summed E-state index contributed by atoms with van der Waals surface area (Å²) < 4.78 is 9.45. The Morgan fingerprint density at radius 3 is 1.98 bits per heavy atom. The van der Waals surface area contributed by atoms with Gasteiger partial charge in [0.05, 0.1) is 44.1 Å². The average Bonchev–Trinajstić information content (AvgIpc) is 3.89. The van der Waals surface area contributed by atoms with E-state index < -0.39 is 30.1 Å². The molecule has 1 aliphatic heterocycles. The van der Waals surface area contributed by atoms with Gasteiger partial charge in [-0.1, -0.05) is 75.2 Å². The average molecular weight is 758 g/mol. The summed E-state index contributed by atoms with van der Waals surface area (Å²) in [5.41, 5.74) is 7.28. The molecule has 5 rings (SSSR count). The molecule has 14 nitrogen and oxygen atoms in total. The van der Waals surface area contributed by atoms with E-state index in [-0.39, 0.29) is 41.8 Å². The number of amides is 5. The van der Waals surface area contributed by atoms with E-state index in [2.05, 4.69) is 26.0 Å². The SMILES string of the molecule is COC(=O)N[C@H](C(=O)N1CCC[C@H]1c1ncc(-c2ccc(-c3ccc([C@@H](C)NC(=O)C4CCCC[C@H]4C(=O)N(NC(=O)OC)C(C)C)cc3)cc2)[nH]1)C(C)C. The third-order valence-corrected chi connectivity index (χ3v) is 10.7. The summed E-state index contributed by atoms with van der Waals surface area (Å²) in [5.74, 6) is -1.05. The molecule has 1 saturated heterocycles. The van der Waals surface area contributed by atoms with Crippen LogP contribution in [0.2, 0.25) is 0 Å². The van der Waals surface area contributed by atoms with Gasteiger partial charge in [0.15, 0.2) is 0 Å². The first-order chi connectivity index (χ1) is 26.3. The molecule has 0 bridgehead atoms. The maximum atomic E-state index is 13.6. The van der Waals surface area contributed by atoms with Crippen molar-refractivity contribution in [3.63, 3.8) is 0 Å². The van der Waals surface area contributed by atoms with Crippen LogP contribution in [0.25, 0.3) is 22.4 Å². The Morgan fingerprint density at radius 1 is 0.782 bits per heavy atom. The fraction of sp³-hybridized carbons (Fsp3) is 0.512. The van der Waals surface area contributed by atoms with Gasteiger partial charge in [-0.3, -0.25) is 14.4 Å². The van der Waals surface area contributed by atoms with Crippen molar-refractivity contribution in [1.82, 2.24) is 35.9 Å². The molecule has 1 saturated carbocycles. The number of aromatic nitrogens is 2. The highest BCUT2D eigenvalue weighted by atomic mass is 16.5. The van der Waals surface area contributed by atoms with Crippen LogP contribution in [-0.4, -0.2) is 82.6 Å². The molecule has 2 fully saturated rings. The zero-order valence-corrected chi connectivity index (χ0v) is 32.9. The van der Waals surface area contributed by atoms with E-state index in [4.69, 9.17) is 9.47 Å². The Morgan fingerprint density at radius 2 is 1.38 bits per heavy atom. The maximum absolute atomic E-state index is 13.6. The number of nitrogens with zero attached hydrogens (tertiary/aromatic N) is 3. The Hall–Kier alpha value is -5.40. The summed E-state index contributed by atoms with van der Waals surface area (Å²) in [4.78, 5) is 74.4. The largest absolute Gasteiger partial charge is 0.453 e. The number of hydrogen-bond donors (Lipinski definition) is 4. The summed E-state index contributed by atoms with van der Waals surface area (Å²) in [5, 5.41) is 7.09. The number of nitrogens with one attached hydrogen (secondary N) is 4. The first-order valence-corrected chi connectivity index (χ1v) is 19.2. The van der Waals surface area contributed by atoms with Crippen molar-refractivity contribution in [3.8, 4) is 22.4 Å². The molecule has 296 valence electrons. The number of methoxy groups -OCH3 is 2. The molecule has 2 aromatic carbocycles. The summed E-state index contributed by atoms with van der Waals surface area (Å²) in [7, 11) is 2.53. The van der Waals surface area contributed by atoms with Gasteiger partial charge in [-0.2, -0.15) is 0 Å². The van der Waals surface area contributed by atoms with Crippen molar-refractivity contribution in [2.24, 2.45) is 17.8 Å². The minimum Gasteiger partial charge on any atom is -0.453 e. The number of aromatic amines is 1. The lowest BCUT2D eigenvalue weighted by atomic mass is 9.77. The number of rotatable bonds is 11. The molecule has 1 unspecified atom stereocenters. The molecule has 55 heavy (non-hydrogen) atoms. The van der Waals surface area contributed by atoms with Crippen molar-refractivity contribution in [3.05, 3.63) is 66.1 Å². The number of carbonyl (C=O) groups excluding carboxylic acids is 5. The standard InChI is InChI=1S/C41H55N7O7/c1-24(2)35(45-40(52)54-6)39(51)47-22-10-13-34(47)36-42-23-33(44-36)30-20-18-29(19-21-30)28-16-14-27(15-17-28)26(5)43-37(49)31-11-8-9-12-32(31)38(50)48(25(3)4)46-41(53)55-7/h14-21,23-26,31-32,34-35H,8-13,22H2,1-7H3,(H,42,44)(H,43,49)(H,45,52)(H,46,53)/t26-,31?,32-,34+,35+/m1/s1. The van der Waals surface area contributed by atoms with Crippen molar-refractivity contribution in [2.45, 2.75) is 97.3 Å². The van der Waals surface area contributed by atoms with Crippen LogP contribution in [0.4, 0.5) is 9.59 Å². The number of H-pyrrole nitrogens is 1. The highest BCUT2D eigenvalue weighted by Gasteiger charge is 2.40. The van der Waals surface area contributed by atoms with Gasteiger partial charge in [0.1, 0.15) is 11.9 Å². The predicted molar refractivity (Wildman–Crippen MR) is 207 cm³/mol. The molecule has 0 radical (unpaired) electrons. The third kappa shape index (κ3) is 9.65. The zero-order valence-electron chi connectivity index (χ0n) is 32.9. The van der Waals surface area contributed by atoms with Gasteiger partial charge < -0.3 is 30.0 Å². The topological polar surface area (TPSA) is 175 Å². The van der Waals surface area contributed by atoms with Gasteiger partial charge in [0, 0.05) is 18.5 Å². The molecule has 1 aliphatic carbocycles. The maximum Gasteiger partial charge on any atom is 0.425 e. The van der Waals surface area contributed by atoms with Crippen LogP contribution in [-0.2, 0) is 23.9 Å². The van der Waals surface area contributed by atoms with Crippen molar-refractivity contribution < 1.29 is 33.4 Å². The lowest BCUT2D eigenvalue weighted by molar-refractivity contribution is -0.147. The monoisotopic (exact) mass is 757 g/mol. The fourth-order valence-corrected chi connectivity index (χ4v) is 7.56. The van der Waals surface area contributed by atoms with Crippen molar-refractivity contribution in [1.29, 1.82) is 0 Å². The lowest BCUT2D eigenvalue weighted by Crippen LogP contribution is -2.54. The molecular formula is C41H55N7O7. The van der Waals surface area contributed by atoms with Crippen molar-refractivity contribution >= 4 is 29.9 Å². The van der Waals surface area contributed by atoms with E-state index in [1.54, 1.807) is 24.9 Å². The summed E-state index contributed by atoms with van der Waals surface area (Å²) in [6.45, 7) is 9.90. The number of hydrazine groups is 1. The quantitative estimate of drug-likeness (QED) is 0.165. The smallest absolute Gasteiger partial charge is 0.425 e. The Bertz CT molecular complexity index is 1810. The molecule has 4 N–H and O–H groups in total. The number of ether oxygens (including phenoxy) is 2. The molecule has 3 aromatic rings. The number of benzene rings is 2. The van der Waals surface area contributed by atoms with Gasteiger partial charge in [0.25, 0.3) is 0 Å². The first kappa shape index (κ1) is 40.8. The Balaban J connectivity index is 1.21. The van der Waals surface area contributed by atoms with Gasteiger partial charge in [-0.25, -0.2) is 25.0 Å². The second kappa shape index (κ2) is 18.3. The number of likely N-dealkylation sites (tertiary alicyclic amines) is 1. The first-order valence-electron chi connectivity index (χ1n) is 19.2. The number of alkyl carbamates (subject to hydrolysis) is 1. The number of carbonyl (C=O) groups is 5. The molecule has 2 aliphatic rings. The van der Waals surface area contributed by atoms with E-state index in [9.17, 15) is 24.0 Å². The third-order valence-electron chi connectivity index (χ3n) is 10.7. The highest BCUT2D eigenvalue weighted by Crippen LogP contribution is 2.35. The second-order valence-electron chi connectivity index (χ2n) is 15.1. The minimum absolute atomic E-state index is 0.113. The summed E-state index contributed by atoms with van der Waals surface area (Å²) in [6, 6.07) is 14.7. The minimum atomic E-state index is -0.727. The van der Waals surface area contributed by atoms with Crippen LogP contribution < -0.4 is 16.1 Å². The zero-order chi connectivity index (χ0) is 39.8. The van der Waals surface area contributed by atoms with E-state index in [1.165, 1.54) is 19.2 Å².